The van der Waals surface area contributed by atoms with Gasteiger partial charge in [-0.2, -0.15) is 0 Å². The number of carbonyl (C=O) groups is 1. The Balaban J connectivity index is 1.52. The third-order valence-corrected chi connectivity index (χ3v) is 7.99. The summed E-state index contributed by atoms with van der Waals surface area (Å²) in [6.07, 6.45) is 0.838. The van der Waals surface area contributed by atoms with Crippen LogP contribution in [0.5, 0.6) is 5.75 Å². The van der Waals surface area contributed by atoms with Gasteiger partial charge in [-0.05, 0) is 59.6 Å². The number of sulfonamides is 1. The van der Waals surface area contributed by atoms with Crippen LogP contribution in [0.15, 0.2) is 60.7 Å². The fraction of sp³-hybridized carbons (Fsp3) is 0.296. The van der Waals surface area contributed by atoms with Crippen LogP contribution in [0.4, 0.5) is 5.69 Å². The molecule has 0 radical (unpaired) electrons. The molecule has 200 valence electrons. The van der Waals surface area contributed by atoms with E-state index in [1.165, 1.54) is 4.90 Å². The van der Waals surface area contributed by atoms with Crippen molar-refractivity contribution in [1.82, 2.24) is 4.90 Å². The number of nitrogens with one attached hydrogen (secondary N) is 2. The lowest BCUT2D eigenvalue weighted by Crippen LogP contribution is -2.40. The number of hydrogen-bond donors (Lipinski definition) is 4. The Hall–Kier alpha value is -4.12. The van der Waals surface area contributed by atoms with Gasteiger partial charge in [-0.3, -0.25) is 19.9 Å². The minimum absolute atomic E-state index is 0.0918. The van der Waals surface area contributed by atoms with Crippen LogP contribution in [0.25, 0.3) is 10.8 Å². The highest BCUT2D eigenvalue weighted by Crippen LogP contribution is 2.27. The third kappa shape index (κ3) is 6.41. The highest BCUT2D eigenvalue weighted by Gasteiger charge is 2.27. The van der Waals surface area contributed by atoms with Crippen molar-refractivity contribution in [3.8, 4) is 5.75 Å². The molecule has 1 saturated heterocycles. The summed E-state index contributed by atoms with van der Waals surface area (Å²) in [6.45, 7) is -1.83. The van der Waals surface area contributed by atoms with Crippen molar-refractivity contribution in [2.45, 2.75) is 32.3 Å². The number of benzene rings is 3. The molecule has 0 amide bonds. The van der Waals surface area contributed by atoms with E-state index in [2.05, 4.69) is 0 Å². The largest absolute Gasteiger partial charge is 0.490 e. The first kappa shape index (κ1) is 23.0. The van der Waals surface area contributed by atoms with Crippen molar-refractivity contribution in [2.75, 3.05) is 23.1 Å². The van der Waals surface area contributed by atoms with Crippen LogP contribution in [0, 0.1) is 10.8 Å². The Morgan fingerprint density at radius 1 is 1.11 bits per heavy atom. The summed E-state index contributed by atoms with van der Waals surface area (Å²) >= 11 is 0. The van der Waals surface area contributed by atoms with E-state index in [4.69, 9.17) is 25.4 Å². The molecule has 0 aliphatic carbocycles. The van der Waals surface area contributed by atoms with Crippen LogP contribution in [0.2, 0.25) is 0 Å². The Bertz CT molecular complexity index is 1570. The van der Waals surface area contributed by atoms with E-state index in [0.717, 1.165) is 15.1 Å². The standard InChI is InChI=1S/C27H31N5O5S/c1-18(28)31-12-10-25(11-13-31)37-24-8-6-23(7-9-24)32(38(35,36)17-26(33)34)16-19-2-3-20-4-5-21(27(29)30)15-22(20)14-19/h2-9,14-15,25,28H,10-13,16-17H2,1H3,(H3,29,30)(H,33,34)/i1D3. The maximum atomic E-state index is 13.1. The van der Waals surface area contributed by atoms with Crippen LogP contribution < -0.4 is 14.8 Å². The van der Waals surface area contributed by atoms with Gasteiger partial charge < -0.3 is 20.5 Å². The van der Waals surface area contributed by atoms with Crippen LogP contribution >= 0.6 is 0 Å². The molecule has 0 bridgehead atoms. The monoisotopic (exact) mass is 540 g/mol. The molecule has 0 saturated carbocycles. The number of amidine groups is 2. The zero-order chi connectivity index (χ0) is 29.9. The smallest absolute Gasteiger partial charge is 0.320 e. The number of aliphatic carboxylic acids is 1. The van der Waals surface area contributed by atoms with Crippen molar-refractivity contribution in [2.24, 2.45) is 5.73 Å². The second kappa shape index (κ2) is 11.1. The number of carboxylic acid groups (broad SMARTS) is 1. The number of nitrogens with two attached hydrogens (primary N) is 1. The number of fused-ring (bicyclic) bond motifs is 1. The number of carboxylic acids is 1. The molecule has 0 atom stereocenters. The number of nitrogen functional groups attached to an aromatic ring is 1. The molecule has 4 rings (SSSR count). The fourth-order valence-corrected chi connectivity index (χ4v) is 5.65. The first-order valence-corrected chi connectivity index (χ1v) is 13.5. The zero-order valence-corrected chi connectivity index (χ0v) is 21.4. The summed E-state index contributed by atoms with van der Waals surface area (Å²) in [5, 5.41) is 26.4. The summed E-state index contributed by atoms with van der Waals surface area (Å²) in [4.78, 5) is 12.9. The van der Waals surface area contributed by atoms with Crippen molar-refractivity contribution in [1.29, 1.82) is 10.8 Å². The van der Waals surface area contributed by atoms with Gasteiger partial charge in [0.05, 0.1) is 18.1 Å². The molecule has 1 aliphatic heterocycles. The fourth-order valence-electron chi connectivity index (χ4n) is 4.39. The van der Waals surface area contributed by atoms with Crippen molar-refractivity contribution in [3.05, 3.63) is 71.8 Å². The minimum Gasteiger partial charge on any atom is -0.490 e. The van der Waals surface area contributed by atoms with Gasteiger partial charge in [0.1, 0.15) is 17.7 Å². The predicted molar refractivity (Wildman–Crippen MR) is 148 cm³/mol. The van der Waals surface area contributed by atoms with E-state index >= 15 is 0 Å². The molecule has 1 aliphatic rings. The lowest BCUT2D eigenvalue weighted by Gasteiger charge is -2.33. The molecule has 11 heteroatoms. The lowest BCUT2D eigenvalue weighted by atomic mass is 10.0. The summed E-state index contributed by atoms with van der Waals surface area (Å²) < 4.78 is 55.5. The van der Waals surface area contributed by atoms with Crippen LogP contribution in [-0.2, 0) is 21.4 Å². The van der Waals surface area contributed by atoms with Gasteiger partial charge in [0.2, 0.25) is 10.0 Å². The maximum Gasteiger partial charge on any atom is 0.320 e. The van der Waals surface area contributed by atoms with E-state index in [-0.39, 0.29) is 30.0 Å². The number of rotatable bonds is 9. The summed E-state index contributed by atoms with van der Waals surface area (Å²) in [7, 11) is -4.25. The number of ether oxygens (including phenoxy) is 1. The Labute approximate surface area is 225 Å². The second-order valence-corrected chi connectivity index (χ2v) is 11.0. The highest BCUT2D eigenvalue weighted by atomic mass is 32.2. The topological polar surface area (TPSA) is 161 Å². The Morgan fingerprint density at radius 2 is 1.79 bits per heavy atom. The number of hydrogen-bond acceptors (Lipinski definition) is 6. The van der Waals surface area contributed by atoms with Gasteiger partial charge in [0, 0.05) is 35.6 Å². The normalized spacial score (nSPS) is 15.8. The average molecular weight is 541 g/mol. The van der Waals surface area contributed by atoms with E-state index in [1.807, 2.05) is 12.1 Å². The van der Waals surface area contributed by atoms with E-state index in [0.29, 0.717) is 42.8 Å². The molecular formula is C27H31N5O5S. The van der Waals surface area contributed by atoms with Crippen LogP contribution in [-0.4, -0.2) is 61.0 Å². The molecule has 3 aromatic carbocycles. The molecule has 1 heterocycles. The SMILES string of the molecule is [2H]C([2H])([2H])C(=N)N1CCC(Oc2ccc(N(Cc3ccc4ccc(C(=N)N)cc4c3)S(=O)(=O)CC(=O)O)cc2)CC1. The van der Waals surface area contributed by atoms with Crippen molar-refractivity contribution < 1.29 is 27.2 Å². The number of anilines is 1. The molecule has 0 spiro atoms. The number of piperidine rings is 1. The van der Waals surface area contributed by atoms with Gasteiger partial charge in [-0.15, -0.1) is 0 Å². The quantitative estimate of drug-likeness (QED) is 0.239. The van der Waals surface area contributed by atoms with E-state index < -0.39 is 28.6 Å². The van der Waals surface area contributed by atoms with Crippen molar-refractivity contribution >= 4 is 44.1 Å². The van der Waals surface area contributed by atoms with Gasteiger partial charge in [-0.25, -0.2) is 8.42 Å². The molecule has 0 unspecified atom stereocenters. The van der Waals surface area contributed by atoms with Crippen LogP contribution in [0.1, 0.15) is 34.9 Å². The lowest BCUT2D eigenvalue weighted by molar-refractivity contribution is -0.134. The first-order chi connectivity index (χ1) is 19.2. The summed E-state index contributed by atoms with van der Waals surface area (Å²) in [5.41, 5.74) is 7.01. The number of nitrogens with zero attached hydrogens (tertiary/aromatic N) is 2. The third-order valence-electron chi connectivity index (χ3n) is 6.37. The molecule has 5 N–H and O–H groups in total. The highest BCUT2D eigenvalue weighted by molar-refractivity contribution is 7.93. The van der Waals surface area contributed by atoms with Crippen LogP contribution in [0.3, 0.4) is 0 Å². The molecule has 3 aromatic rings. The van der Waals surface area contributed by atoms with Gasteiger partial charge in [0.25, 0.3) is 0 Å². The molecule has 0 aromatic heterocycles. The second-order valence-electron chi connectivity index (χ2n) is 9.11. The van der Waals surface area contributed by atoms with Gasteiger partial charge >= 0.3 is 5.97 Å². The predicted octanol–water partition coefficient (Wildman–Crippen LogP) is 3.39. The minimum atomic E-state index is -4.25. The van der Waals surface area contributed by atoms with E-state index in [1.54, 1.807) is 48.5 Å². The molecular weight excluding hydrogens is 506 g/mol. The summed E-state index contributed by atoms with van der Waals surface area (Å²) in [6, 6.07) is 16.9. The first-order valence-electron chi connectivity index (χ1n) is 13.4. The Morgan fingerprint density at radius 3 is 2.42 bits per heavy atom. The average Bonchev–Trinajstić information content (AvgIpc) is 2.90. The van der Waals surface area contributed by atoms with Gasteiger partial charge in [-0.1, -0.05) is 24.3 Å². The molecule has 1 fully saturated rings. The van der Waals surface area contributed by atoms with Crippen molar-refractivity contribution in [3.63, 3.8) is 0 Å². The molecule has 10 nitrogen and oxygen atoms in total. The molecule has 38 heavy (non-hydrogen) atoms. The maximum absolute atomic E-state index is 13.1. The number of likely N-dealkylation sites (tertiary alicyclic amines) is 1. The Kier molecular flexibility index (Phi) is 6.72. The van der Waals surface area contributed by atoms with E-state index in [9.17, 15) is 18.3 Å². The zero-order valence-electron chi connectivity index (χ0n) is 23.6. The van der Waals surface area contributed by atoms with Gasteiger partial charge in [0.15, 0.2) is 5.75 Å². The summed E-state index contributed by atoms with van der Waals surface area (Å²) in [5.74, 6) is -2.55.